The van der Waals surface area contributed by atoms with Gasteiger partial charge in [0.1, 0.15) is 42.2 Å². The molecule has 1 aliphatic heterocycles. The first-order chi connectivity index (χ1) is 20.4. The van der Waals surface area contributed by atoms with Gasteiger partial charge >= 0.3 is 13.7 Å². The lowest BCUT2D eigenvalue weighted by Crippen LogP contribution is -2.35. The van der Waals surface area contributed by atoms with E-state index in [9.17, 15) is 34.8 Å². The van der Waals surface area contributed by atoms with Crippen LogP contribution in [0.15, 0.2) is 61.4 Å². The van der Waals surface area contributed by atoms with Crippen molar-refractivity contribution in [3.63, 3.8) is 0 Å². The number of rotatable bonds is 13. The van der Waals surface area contributed by atoms with Gasteiger partial charge in [-0.05, 0) is 36.8 Å². The van der Waals surface area contributed by atoms with E-state index in [1.165, 1.54) is 42.7 Å². The number of esters is 1. The van der Waals surface area contributed by atoms with E-state index in [2.05, 4.69) is 21.7 Å². The Morgan fingerprint density at radius 2 is 1.91 bits per heavy atom. The van der Waals surface area contributed by atoms with Crippen molar-refractivity contribution < 1.29 is 48.1 Å². The number of nitro benzene ring substituents is 1. The maximum atomic E-state index is 14.1. The molecule has 6 N–H and O–H groups in total. The van der Waals surface area contributed by atoms with Crippen molar-refractivity contribution in [2.45, 2.75) is 37.5 Å². The summed E-state index contributed by atoms with van der Waals surface area (Å²) >= 11 is 0. The summed E-state index contributed by atoms with van der Waals surface area (Å²) in [7, 11) is -4.61. The van der Waals surface area contributed by atoms with Crippen LogP contribution in [-0.4, -0.2) is 72.5 Å². The summed E-state index contributed by atoms with van der Waals surface area (Å²) in [5.74, 6) is -1.00. The number of nitrogens with zero attached hydrogens (tertiary/aromatic N) is 4. The Morgan fingerprint density at radius 3 is 2.49 bits per heavy atom. The van der Waals surface area contributed by atoms with Gasteiger partial charge in [0.2, 0.25) is 0 Å². The van der Waals surface area contributed by atoms with E-state index in [4.69, 9.17) is 24.3 Å². The largest absolute Gasteiger partial charge is 0.508 e. The second-order valence-corrected chi connectivity index (χ2v) is 10.9. The minimum Gasteiger partial charge on any atom is -0.508 e. The topological polar surface area (TPSA) is 244 Å². The third kappa shape index (κ3) is 7.53. The van der Waals surface area contributed by atoms with Gasteiger partial charge in [0, 0.05) is 12.1 Å². The van der Waals surface area contributed by atoms with E-state index >= 15 is 0 Å². The van der Waals surface area contributed by atoms with Crippen molar-refractivity contribution >= 4 is 25.1 Å². The molecule has 0 amide bonds. The molecule has 17 nitrogen and oxygen atoms in total. The average Bonchev–Trinajstić information content (AvgIpc) is 3.57. The third-order valence-electron chi connectivity index (χ3n) is 6.11. The zero-order valence-electron chi connectivity index (χ0n) is 22.6. The van der Waals surface area contributed by atoms with Crippen molar-refractivity contribution in [2.75, 3.05) is 13.2 Å². The van der Waals surface area contributed by atoms with Crippen LogP contribution >= 0.6 is 7.75 Å². The summed E-state index contributed by atoms with van der Waals surface area (Å²) in [6.07, 6.45) is -4.36. The van der Waals surface area contributed by atoms with Gasteiger partial charge in [-0.15, -0.1) is 5.10 Å². The Morgan fingerprint density at radius 1 is 1.23 bits per heavy atom. The predicted molar refractivity (Wildman–Crippen MR) is 147 cm³/mol. The van der Waals surface area contributed by atoms with Crippen LogP contribution in [0.25, 0.3) is 5.70 Å². The van der Waals surface area contributed by atoms with Crippen LogP contribution in [0.3, 0.4) is 0 Å². The Labute approximate surface area is 244 Å². The lowest BCUT2D eigenvalue weighted by atomic mass is 10.1. The third-order valence-corrected chi connectivity index (χ3v) is 7.63. The van der Waals surface area contributed by atoms with Crippen molar-refractivity contribution in [3.05, 3.63) is 82.9 Å². The number of nitro groups is 1. The number of carbonyl (C=O) groups is 1. The molecule has 1 aliphatic rings. The molecule has 0 aliphatic carbocycles. The highest BCUT2D eigenvalue weighted by Crippen LogP contribution is 2.48. The van der Waals surface area contributed by atoms with Crippen molar-refractivity contribution in [2.24, 2.45) is 5.73 Å². The Balaban J connectivity index is 1.60. The normalized spacial score (nSPS) is 21.9. The van der Waals surface area contributed by atoms with E-state index in [0.717, 1.165) is 16.8 Å². The molecule has 18 heteroatoms. The number of phenolic OH excluding ortho intramolecular Hbond substituents is 1. The van der Waals surface area contributed by atoms with Crippen molar-refractivity contribution in [1.82, 2.24) is 19.9 Å². The standard InChI is InChI=1S/C25H29N6O11P/c1-3-39-25(35)20(15-4-8-17(32)9-5-15)29-43(38,42-18-10-6-16(7-11-18)31(36)37)40-12-19-21(33)22(34)24(41-19)30-13-27-23(28-30)14(2)26/h4-11,13,19-22,24,32-34H,2-3,12,26H2,1H3,(H,29,38)/t19-,20+,21-,22-,24-,43?/m1/s1. The lowest BCUT2D eigenvalue weighted by molar-refractivity contribution is -0.384. The fourth-order valence-corrected chi connectivity index (χ4v) is 5.47. The number of nitrogens with two attached hydrogens (primary N) is 1. The fraction of sp³-hybridized carbons (Fsp3) is 0.320. The summed E-state index contributed by atoms with van der Waals surface area (Å²) < 4.78 is 37.3. The van der Waals surface area contributed by atoms with E-state index in [-0.39, 0.29) is 40.9 Å². The van der Waals surface area contributed by atoms with E-state index in [1.807, 2.05) is 0 Å². The van der Waals surface area contributed by atoms with Crippen LogP contribution in [0, 0.1) is 10.1 Å². The molecule has 1 fully saturated rings. The first-order valence-corrected chi connectivity index (χ1v) is 14.2. The number of aliphatic hydroxyl groups excluding tert-OH is 2. The number of nitrogens with one attached hydrogen (secondary N) is 1. The SMILES string of the molecule is C=C(N)c1ncn([C@@H]2O[C@H](COP(=O)(N[C@H](C(=O)OCC)c3ccc(O)cc3)Oc3ccc([N+](=O)[O-])cc3)[C@@H](O)[C@H]2O)n1. The molecule has 2 aromatic carbocycles. The molecule has 0 radical (unpaired) electrons. The zero-order chi connectivity index (χ0) is 31.3. The molecule has 6 atom stereocenters. The highest BCUT2D eigenvalue weighted by atomic mass is 31.2. The Bertz CT molecular complexity index is 1500. The quantitative estimate of drug-likeness (QED) is 0.0787. The predicted octanol–water partition coefficient (Wildman–Crippen LogP) is 1.54. The molecule has 1 aromatic heterocycles. The van der Waals surface area contributed by atoms with E-state index < -0.39 is 55.8 Å². The minimum absolute atomic E-state index is 0.0215. The Hall–Kier alpha value is -4.38. The number of aromatic hydroxyl groups is 1. The van der Waals surface area contributed by atoms with Crippen LogP contribution in [0.5, 0.6) is 11.5 Å². The molecule has 2 heterocycles. The van der Waals surface area contributed by atoms with Crippen LogP contribution in [-0.2, 0) is 23.4 Å². The summed E-state index contributed by atoms with van der Waals surface area (Å²) in [6.45, 7) is 4.44. The molecule has 1 saturated heterocycles. The first-order valence-electron chi connectivity index (χ1n) is 12.7. The highest BCUT2D eigenvalue weighted by molar-refractivity contribution is 7.52. The van der Waals surface area contributed by atoms with Gasteiger partial charge in [0.05, 0.1) is 23.8 Å². The fourth-order valence-electron chi connectivity index (χ4n) is 3.97. The molecule has 43 heavy (non-hydrogen) atoms. The van der Waals surface area contributed by atoms with Crippen LogP contribution in [0.4, 0.5) is 5.69 Å². The van der Waals surface area contributed by atoms with E-state index in [1.54, 1.807) is 6.92 Å². The van der Waals surface area contributed by atoms with Gasteiger partial charge in [-0.25, -0.2) is 19.0 Å². The maximum Gasteiger partial charge on any atom is 0.459 e. The smallest absolute Gasteiger partial charge is 0.459 e. The number of non-ortho nitro benzene ring substituents is 1. The lowest BCUT2D eigenvalue weighted by Gasteiger charge is -2.26. The number of phenols is 1. The molecule has 4 rings (SSSR count). The number of hydrogen-bond donors (Lipinski definition) is 5. The molecular formula is C25H29N6O11P. The molecule has 3 aromatic rings. The van der Waals surface area contributed by atoms with Gasteiger partial charge in [0.15, 0.2) is 12.1 Å². The van der Waals surface area contributed by atoms with Gasteiger partial charge in [-0.1, -0.05) is 18.7 Å². The number of carbonyl (C=O) groups excluding carboxylic acids is 1. The Kier molecular flexibility index (Phi) is 9.75. The van der Waals surface area contributed by atoms with Gasteiger partial charge < -0.3 is 35.1 Å². The van der Waals surface area contributed by atoms with Crippen LogP contribution < -0.4 is 15.3 Å². The van der Waals surface area contributed by atoms with Crippen molar-refractivity contribution in [3.8, 4) is 11.5 Å². The number of aromatic nitrogens is 3. The maximum absolute atomic E-state index is 14.1. The minimum atomic E-state index is -4.61. The summed E-state index contributed by atoms with van der Waals surface area (Å²) in [6, 6.07) is 8.48. The molecule has 0 spiro atoms. The molecule has 230 valence electrons. The van der Waals surface area contributed by atoms with Crippen LogP contribution in [0.2, 0.25) is 0 Å². The van der Waals surface area contributed by atoms with Gasteiger partial charge in [-0.3, -0.25) is 14.6 Å². The van der Waals surface area contributed by atoms with Gasteiger partial charge in [0.25, 0.3) is 5.69 Å². The second kappa shape index (κ2) is 13.3. The molecule has 0 bridgehead atoms. The monoisotopic (exact) mass is 620 g/mol. The molecular weight excluding hydrogens is 591 g/mol. The number of aliphatic hydroxyl groups is 2. The zero-order valence-corrected chi connectivity index (χ0v) is 23.5. The summed E-state index contributed by atoms with van der Waals surface area (Å²) in [5, 5.41) is 48.5. The van der Waals surface area contributed by atoms with Crippen molar-refractivity contribution in [1.29, 1.82) is 0 Å². The first kappa shape index (κ1) is 31.6. The number of hydrogen-bond acceptors (Lipinski definition) is 14. The van der Waals surface area contributed by atoms with Gasteiger partial charge in [-0.2, -0.15) is 5.09 Å². The summed E-state index contributed by atoms with van der Waals surface area (Å²) in [4.78, 5) is 27.3. The average molecular weight is 621 g/mol. The highest BCUT2D eigenvalue weighted by Gasteiger charge is 2.46. The number of benzene rings is 2. The summed E-state index contributed by atoms with van der Waals surface area (Å²) in [5.41, 5.74) is 5.61. The second-order valence-electron chi connectivity index (χ2n) is 9.16. The van der Waals surface area contributed by atoms with Crippen LogP contribution in [0.1, 0.15) is 30.6 Å². The molecule has 0 saturated carbocycles. The van der Waals surface area contributed by atoms with E-state index in [0.29, 0.717) is 0 Å². The molecule has 1 unspecified atom stereocenters. The number of ether oxygens (including phenoxy) is 2.